The van der Waals surface area contributed by atoms with Crippen molar-refractivity contribution in [2.45, 2.75) is 34.2 Å². The van der Waals surface area contributed by atoms with Crippen LogP contribution in [0.1, 0.15) is 43.6 Å². The molecular formula is C24H33N4O+. The Morgan fingerprint density at radius 1 is 1.03 bits per heavy atom. The molecule has 29 heavy (non-hydrogen) atoms. The molecule has 0 unspecified atom stereocenters. The number of nitrogens with one attached hydrogen (secondary N) is 2. The van der Waals surface area contributed by atoms with Crippen LogP contribution in [0.2, 0.25) is 0 Å². The van der Waals surface area contributed by atoms with Gasteiger partial charge < -0.3 is 9.80 Å². The topological polar surface area (TPSA) is 49.1 Å². The molecule has 3 rings (SSSR count). The van der Waals surface area contributed by atoms with Crippen LogP contribution in [-0.2, 0) is 6.54 Å². The number of anilines is 1. The summed E-state index contributed by atoms with van der Waals surface area (Å²) in [7, 11) is 0. The number of piperazine rings is 1. The van der Waals surface area contributed by atoms with Gasteiger partial charge in [0.15, 0.2) is 0 Å². The Hall–Kier alpha value is -2.66. The fourth-order valence-electron chi connectivity index (χ4n) is 3.33. The first-order valence-electron chi connectivity index (χ1n) is 10.4. The summed E-state index contributed by atoms with van der Waals surface area (Å²) in [5.41, 5.74) is 6.73. The third kappa shape index (κ3) is 5.91. The lowest BCUT2D eigenvalue weighted by atomic mass is 9.91. The number of quaternary nitrogens is 1. The van der Waals surface area contributed by atoms with E-state index in [0.29, 0.717) is 5.56 Å². The Morgan fingerprint density at radius 2 is 1.66 bits per heavy atom. The number of rotatable bonds is 5. The first-order valence-corrected chi connectivity index (χ1v) is 10.4. The normalized spacial score (nSPS) is 16.0. The van der Waals surface area contributed by atoms with Crippen molar-refractivity contribution in [1.29, 1.82) is 0 Å². The summed E-state index contributed by atoms with van der Waals surface area (Å²) in [6.07, 6.45) is 0. The first-order chi connectivity index (χ1) is 13.8. The molecule has 1 heterocycles. The van der Waals surface area contributed by atoms with Crippen LogP contribution in [0.3, 0.4) is 0 Å². The average molecular weight is 394 g/mol. The van der Waals surface area contributed by atoms with Gasteiger partial charge in [0.25, 0.3) is 5.91 Å². The summed E-state index contributed by atoms with van der Waals surface area (Å²) in [5, 5.41) is 4.23. The van der Waals surface area contributed by atoms with Crippen LogP contribution >= 0.6 is 0 Å². The molecule has 2 aromatic rings. The summed E-state index contributed by atoms with van der Waals surface area (Å²) < 4.78 is 0. The second kappa shape index (κ2) is 9.23. The smallest absolute Gasteiger partial charge is 0.271 e. The van der Waals surface area contributed by atoms with Crippen molar-refractivity contribution in [2.24, 2.45) is 10.5 Å². The van der Waals surface area contributed by atoms with E-state index in [-0.39, 0.29) is 11.3 Å². The second-order valence-corrected chi connectivity index (χ2v) is 8.83. The number of hydrogen-bond donors (Lipinski definition) is 2. The second-order valence-electron chi connectivity index (χ2n) is 8.83. The van der Waals surface area contributed by atoms with E-state index >= 15 is 0 Å². The van der Waals surface area contributed by atoms with Crippen LogP contribution in [0.4, 0.5) is 5.69 Å². The van der Waals surface area contributed by atoms with Crippen LogP contribution in [0.25, 0.3) is 0 Å². The lowest BCUT2D eigenvalue weighted by molar-refractivity contribution is -0.914. The Kier molecular flexibility index (Phi) is 6.70. The number of carbonyl (C=O) groups excluding carboxylic acids is 1. The minimum atomic E-state index is -0.163. The summed E-state index contributed by atoms with van der Waals surface area (Å²) in [4.78, 5) is 16.4. The maximum atomic E-state index is 12.3. The van der Waals surface area contributed by atoms with E-state index in [2.05, 4.69) is 78.7 Å². The highest BCUT2D eigenvalue weighted by Crippen LogP contribution is 2.15. The summed E-state index contributed by atoms with van der Waals surface area (Å²) >= 11 is 0. The number of hydrazone groups is 1. The third-order valence-corrected chi connectivity index (χ3v) is 5.67. The predicted molar refractivity (Wildman–Crippen MR) is 120 cm³/mol. The molecule has 154 valence electrons. The van der Waals surface area contributed by atoms with Gasteiger partial charge in [-0.1, -0.05) is 51.1 Å². The molecule has 0 aliphatic carbocycles. The van der Waals surface area contributed by atoms with Crippen molar-refractivity contribution in [3.05, 3.63) is 65.7 Å². The van der Waals surface area contributed by atoms with E-state index in [1.165, 1.54) is 11.3 Å². The molecule has 1 amide bonds. The van der Waals surface area contributed by atoms with Crippen molar-refractivity contribution in [3.63, 3.8) is 0 Å². The van der Waals surface area contributed by atoms with Gasteiger partial charge >= 0.3 is 0 Å². The minimum Gasteiger partial charge on any atom is -0.360 e. The first kappa shape index (κ1) is 21.1. The van der Waals surface area contributed by atoms with Gasteiger partial charge in [0.1, 0.15) is 6.54 Å². The Bertz CT molecular complexity index is 829. The fraction of sp³-hybridized carbons (Fsp3) is 0.417. The Morgan fingerprint density at radius 3 is 2.24 bits per heavy atom. The van der Waals surface area contributed by atoms with Crippen LogP contribution < -0.4 is 15.2 Å². The molecule has 5 nitrogen and oxygen atoms in total. The number of benzene rings is 2. The van der Waals surface area contributed by atoms with E-state index in [0.717, 1.165) is 38.4 Å². The average Bonchev–Trinajstić information content (AvgIpc) is 2.73. The maximum absolute atomic E-state index is 12.3. The van der Waals surface area contributed by atoms with E-state index in [9.17, 15) is 4.79 Å². The van der Waals surface area contributed by atoms with Crippen molar-refractivity contribution in [3.8, 4) is 0 Å². The van der Waals surface area contributed by atoms with Crippen molar-refractivity contribution in [1.82, 2.24) is 5.43 Å². The lowest BCUT2D eigenvalue weighted by Crippen LogP contribution is -3.13. The van der Waals surface area contributed by atoms with Gasteiger partial charge in [-0.2, -0.15) is 5.10 Å². The number of hydrogen-bond acceptors (Lipinski definition) is 3. The van der Waals surface area contributed by atoms with Gasteiger partial charge in [-0.05, 0) is 31.2 Å². The van der Waals surface area contributed by atoms with Gasteiger partial charge in [-0.3, -0.25) is 4.79 Å². The molecule has 5 heteroatoms. The zero-order chi connectivity index (χ0) is 20.9. The maximum Gasteiger partial charge on any atom is 0.271 e. The number of nitrogens with zero attached hydrogens (tertiary/aromatic N) is 2. The van der Waals surface area contributed by atoms with Gasteiger partial charge in [0.2, 0.25) is 0 Å². The molecular weight excluding hydrogens is 360 g/mol. The molecule has 0 saturated carbocycles. The van der Waals surface area contributed by atoms with E-state index in [4.69, 9.17) is 0 Å². The summed E-state index contributed by atoms with van der Waals surface area (Å²) in [5.74, 6) is -0.163. The van der Waals surface area contributed by atoms with Crippen LogP contribution in [0, 0.1) is 5.41 Å². The molecule has 0 spiro atoms. The molecule has 1 fully saturated rings. The highest BCUT2D eigenvalue weighted by atomic mass is 16.2. The van der Waals surface area contributed by atoms with E-state index < -0.39 is 0 Å². The molecule has 0 bridgehead atoms. The zero-order valence-corrected chi connectivity index (χ0v) is 18.0. The number of carbonyl (C=O) groups is 1. The van der Waals surface area contributed by atoms with Gasteiger partial charge in [-0.25, -0.2) is 5.43 Å². The number of para-hydroxylation sites is 1. The van der Waals surface area contributed by atoms with Crippen molar-refractivity contribution < 1.29 is 9.69 Å². The van der Waals surface area contributed by atoms with E-state index in [1.807, 2.05) is 19.1 Å². The van der Waals surface area contributed by atoms with Crippen molar-refractivity contribution in [2.75, 3.05) is 31.1 Å². The SMILES string of the molecule is C/C(=N/NC(=O)c1ccc(C[NH+]2CCN(c3ccccc3)CC2)cc1)C(C)(C)C. The monoisotopic (exact) mass is 393 g/mol. The Balaban J connectivity index is 1.50. The molecule has 2 N–H and O–H groups in total. The van der Waals surface area contributed by atoms with Gasteiger partial charge in [0, 0.05) is 27.9 Å². The van der Waals surface area contributed by atoms with E-state index in [1.54, 1.807) is 4.90 Å². The predicted octanol–water partition coefficient (Wildman–Crippen LogP) is 2.74. The van der Waals surface area contributed by atoms with Crippen LogP contribution in [0.15, 0.2) is 59.7 Å². The molecule has 0 atom stereocenters. The minimum absolute atomic E-state index is 0.0511. The fourth-order valence-corrected chi connectivity index (χ4v) is 3.33. The van der Waals surface area contributed by atoms with Crippen LogP contribution in [-0.4, -0.2) is 37.8 Å². The van der Waals surface area contributed by atoms with Gasteiger partial charge in [0.05, 0.1) is 26.2 Å². The quantitative estimate of drug-likeness (QED) is 0.606. The standard InChI is InChI=1S/C24H32N4O/c1-19(24(2,3)4)25-26-23(29)21-12-10-20(11-13-21)18-27-14-16-28(17-15-27)22-8-6-5-7-9-22/h5-13H,14-18H2,1-4H3,(H,26,29)/p+1/b25-19-. The summed E-state index contributed by atoms with van der Waals surface area (Å²) in [6, 6.07) is 18.5. The zero-order valence-electron chi connectivity index (χ0n) is 18.0. The molecule has 1 aliphatic rings. The molecule has 0 radical (unpaired) electrons. The molecule has 2 aromatic carbocycles. The summed E-state index contributed by atoms with van der Waals surface area (Å²) in [6.45, 7) is 13.6. The molecule has 0 aromatic heterocycles. The molecule has 1 saturated heterocycles. The lowest BCUT2D eigenvalue weighted by Gasteiger charge is -2.33. The largest absolute Gasteiger partial charge is 0.360 e. The van der Waals surface area contributed by atoms with Crippen molar-refractivity contribution >= 4 is 17.3 Å². The number of amides is 1. The highest BCUT2D eigenvalue weighted by molar-refractivity contribution is 5.95. The van der Waals surface area contributed by atoms with Crippen LogP contribution in [0.5, 0.6) is 0 Å². The third-order valence-electron chi connectivity index (χ3n) is 5.67. The Labute approximate surface area is 174 Å². The highest BCUT2D eigenvalue weighted by Gasteiger charge is 2.20. The van der Waals surface area contributed by atoms with Gasteiger partial charge in [-0.15, -0.1) is 0 Å². The molecule has 1 aliphatic heterocycles.